The van der Waals surface area contributed by atoms with Crippen LogP contribution in [0, 0.1) is 6.92 Å². The van der Waals surface area contributed by atoms with Gasteiger partial charge in [-0.25, -0.2) is 9.78 Å². The Labute approximate surface area is 157 Å². The van der Waals surface area contributed by atoms with Gasteiger partial charge in [-0.05, 0) is 24.6 Å². The highest BCUT2D eigenvalue weighted by atomic mass is 32.2. The molecule has 2 heterocycles. The van der Waals surface area contributed by atoms with Gasteiger partial charge in [-0.1, -0.05) is 29.8 Å². The highest BCUT2D eigenvalue weighted by molar-refractivity contribution is 7.99. The van der Waals surface area contributed by atoms with E-state index >= 15 is 0 Å². The molecule has 2 aromatic rings. The number of fused-ring (bicyclic) bond motifs is 1. The van der Waals surface area contributed by atoms with Crippen LogP contribution >= 0.6 is 11.8 Å². The van der Waals surface area contributed by atoms with Gasteiger partial charge in [0, 0.05) is 38.0 Å². The highest BCUT2D eigenvalue weighted by Gasteiger charge is 2.23. The van der Waals surface area contributed by atoms with E-state index in [1.165, 1.54) is 5.56 Å². The van der Waals surface area contributed by atoms with Crippen molar-refractivity contribution in [2.24, 2.45) is 0 Å². The van der Waals surface area contributed by atoms with Crippen molar-refractivity contribution in [3.8, 4) is 0 Å². The minimum Gasteiger partial charge on any atom is -0.352 e. The minimum atomic E-state index is -0.189. The number of aryl methyl sites for hydroxylation is 1. The lowest BCUT2D eigenvalue weighted by atomic mass is 10.1. The number of carbonyl (C=O) groups excluding carboxylic acids is 2. The average Bonchev–Trinajstić information content (AvgIpc) is 2.66. The van der Waals surface area contributed by atoms with Crippen LogP contribution in [0.2, 0.25) is 0 Å². The predicted molar refractivity (Wildman–Crippen MR) is 103 cm³/mol. The molecule has 0 saturated heterocycles. The van der Waals surface area contributed by atoms with Crippen molar-refractivity contribution < 1.29 is 9.59 Å². The van der Waals surface area contributed by atoms with Crippen LogP contribution < -0.4 is 15.5 Å². The van der Waals surface area contributed by atoms with Gasteiger partial charge < -0.3 is 10.6 Å². The number of nitrogens with zero attached hydrogens (tertiary/aromatic N) is 2. The van der Waals surface area contributed by atoms with Gasteiger partial charge in [0.25, 0.3) is 0 Å². The number of aromatic nitrogens is 1. The third-order valence-electron chi connectivity index (χ3n) is 4.04. The maximum Gasteiger partial charge on any atom is 0.322 e. The van der Waals surface area contributed by atoms with Gasteiger partial charge in [0.15, 0.2) is 0 Å². The smallest absolute Gasteiger partial charge is 0.322 e. The van der Waals surface area contributed by atoms with Gasteiger partial charge >= 0.3 is 6.03 Å². The van der Waals surface area contributed by atoms with Crippen molar-refractivity contribution in [3.05, 3.63) is 53.7 Å². The number of benzene rings is 1. The Morgan fingerprint density at radius 1 is 1.23 bits per heavy atom. The molecule has 1 aromatic heterocycles. The summed E-state index contributed by atoms with van der Waals surface area (Å²) in [5.74, 6) is 0.733. The second-order valence-corrected chi connectivity index (χ2v) is 7.16. The Bertz CT molecular complexity index is 797. The van der Waals surface area contributed by atoms with Crippen molar-refractivity contribution in [3.63, 3.8) is 0 Å². The van der Waals surface area contributed by atoms with Crippen LogP contribution in [-0.2, 0) is 11.3 Å². The first kappa shape index (κ1) is 18.3. The summed E-state index contributed by atoms with van der Waals surface area (Å²) in [5, 5.41) is 6.56. The summed E-state index contributed by atoms with van der Waals surface area (Å²) in [7, 11) is 0. The molecule has 136 valence electrons. The second kappa shape index (κ2) is 8.71. The molecule has 0 aliphatic carbocycles. The number of amides is 3. The van der Waals surface area contributed by atoms with Gasteiger partial charge in [-0.2, -0.15) is 0 Å². The molecule has 1 aromatic carbocycles. The SMILES string of the molecule is Cc1cccc(CNC(=O)CCNC(=O)N2CCSc3ncccc32)c1. The molecule has 26 heavy (non-hydrogen) atoms. The fourth-order valence-corrected chi connectivity index (χ4v) is 3.68. The average molecular weight is 370 g/mol. The van der Waals surface area contributed by atoms with Crippen LogP contribution in [-0.4, -0.2) is 35.8 Å². The Morgan fingerprint density at radius 2 is 2.12 bits per heavy atom. The number of pyridine rings is 1. The summed E-state index contributed by atoms with van der Waals surface area (Å²) in [5.41, 5.74) is 3.06. The normalized spacial score (nSPS) is 13.0. The van der Waals surface area contributed by atoms with Crippen molar-refractivity contribution in [1.29, 1.82) is 0 Å². The number of nitrogens with one attached hydrogen (secondary N) is 2. The maximum atomic E-state index is 12.4. The third-order valence-corrected chi connectivity index (χ3v) is 5.02. The third kappa shape index (κ3) is 4.76. The van der Waals surface area contributed by atoms with Gasteiger partial charge in [0.2, 0.25) is 5.91 Å². The molecule has 0 unspecified atom stereocenters. The van der Waals surface area contributed by atoms with Gasteiger partial charge in [-0.15, -0.1) is 11.8 Å². The number of hydrogen-bond donors (Lipinski definition) is 2. The second-order valence-electron chi connectivity index (χ2n) is 6.08. The van der Waals surface area contributed by atoms with Gasteiger partial charge in [0.05, 0.1) is 5.69 Å². The van der Waals surface area contributed by atoms with Crippen LogP contribution in [0.3, 0.4) is 0 Å². The monoisotopic (exact) mass is 370 g/mol. The van der Waals surface area contributed by atoms with E-state index in [9.17, 15) is 9.59 Å². The van der Waals surface area contributed by atoms with Crippen LogP contribution in [0.15, 0.2) is 47.6 Å². The molecule has 0 saturated carbocycles. The lowest BCUT2D eigenvalue weighted by Gasteiger charge is -2.28. The van der Waals surface area contributed by atoms with E-state index in [1.807, 2.05) is 43.3 Å². The molecule has 0 atom stereocenters. The molecule has 0 fully saturated rings. The number of hydrogen-bond acceptors (Lipinski definition) is 4. The topological polar surface area (TPSA) is 74.3 Å². The Hall–Kier alpha value is -2.54. The first-order chi connectivity index (χ1) is 12.6. The van der Waals surface area contributed by atoms with Crippen LogP contribution in [0.4, 0.5) is 10.5 Å². The van der Waals surface area contributed by atoms with E-state index in [0.29, 0.717) is 19.6 Å². The molecule has 3 amide bonds. The molecular formula is C19H22N4O2S. The number of thioether (sulfide) groups is 1. The zero-order valence-electron chi connectivity index (χ0n) is 14.7. The van der Waals surface area contributed by atoms with Crippen LogP contribution in [0.5, 0.6) is 0 Å². The molecule has 2 N–H and O–H groups in total. The first-order valence-electron chi connectivity index (χ1n) is 8.59. The highest BCUT2D eigenvalue weighted by Crippen LogP contribution is 2.32. The Balaban J connectivity index is 1.43. The number of rotatable bonds is 5. The summed E-state index contributed by atoms with van der Waals surface area (Å²) in [4.78, 5) is 30.4. The van der Waals surface area contributed by atoms with E-state index in [2.05, 4.69) is 15.6 Å². The van der Waals surface area contributed by atoms with E-state index in [0.717, 1.165) is 22.0 Å². The van der Waals surface area contributed by atoms with Crippen LogP contribution in [0.1, 0.15) is 17.5 Å². The van der Waals surface area contributed by atoms with Gasteiger partial charge in [0.1, 0.15) is 5.03 Å². The summed E-state index contributed by atoms with van der Waals surface area (Å²) in [6.07, 6.45) is 1.98. The van der Waals surface area contributed by atoms with E-state index in [1.54, 1.807) is 22.9 Å². The number of anilines is 1. The van der Waals surface area contributed by atoms with E-state index < -0.39 is 0 Å². The molecule has 1 aliphatic rings. The van der Waals surface area contributed by atoms with Crippen molar-refractivity contribution in [2.75, 3.05) is 23.7 Å². The molecular weight excluding hydrogens is 348 g/mol. The summed E-state index contributed by atoms with van der Waals surface area (Å²) in [6.45, 7) is 3.46. The summed E-state index contributed by atoms with van der Waals surface area (Å²) < 4.78 is 0. The molecule has 0 bridgehead atoms. The zero-order valence-corrected chi connectivity index (χ0v) is 15.5. The number of carbonyl (C=O) groups is 2. The Kier molecular flexibility index (Phi) is 6.12. The lowest BCUT2D eigenvalue weighted by molar-refractivity contribution is -0.121. The standard InChI is InChI=1S/C19H22N4O2S/c1-14-4-2-5-15(12-14)13-22-17(24)7-9-21-19(25)23-10-11-26-18-16(23)6-3-8-20-18/h2-6,8,12H,7,9-11,13H2,1H3,(H,21,25)(H,22,24). The molecule has 6 nitrogen and oxygen atoms in total. The summed E-state index contributed by atoms with van der Waals surface area (Å²) in [6, 6.07) is 11.5. The molecule has 1 aliphatic heterocycles. The van der Waals surface area contributed by atoms with E-state index in [-0.39, 0.29) is 18.4 Å². The van der Waals surface area contributed by atoms with Crippen LogP contribution in [0.25, 0.3) is 0 Å². The minimum absolute atomic E-state index is 0.0805. The zero-order chi connectivity index (χ0) is 18.4. The molecule has 0 spiro atoms. The maximum absolute atomic E-state index is 12.4. The largest absolute Gasteiger partial charge is 0.352 e. The first-order valence-corrected chi connectivity index (χ1v) is 9.57. The van der Waals surface area contributed by atoms with Crippen molar-refractivity contribution in [2.45, 2.75) is 24.9 Å². The molecule has 3 rings (SSSR count). The fourth-order valence-electron chi connectivity index (χ4n) is 2.75. The molecule has 7 heteroatoms. The predicted octanol–water partition coefficient (Wildman–Crippen LogP) is 2.72. The van der Waals surface area contributed by atoms with Gasteiger partial charge in [-0.3, -0.25) is 9.69 Å². The van der Waals surface area contributed by atoms with Crippen molar-refractivity contribution in [1.82, 2.24) is 15.6 Å². The lowest BCUT2D eigenvalue weighted by Crippen LogP contribution is -2.44. The summed E-state index contributed by atoms with van der Waals surface area (Å²) >= 11 is 1.65. The number of urea groups is 1. The quantitative estimate of drug-likeness (QED) is 0.849. The van der Waals surface area contributed by atoms with E-state index in [4.69, 9.17) is 0 Å². The Morgan fingerprint density at radius 3 is 2.96 bits per heavy atom. The fraction of sp³-hybridized carbons (Fsp3) is 0.316. The van der Waals surface area contributed by atoms with Crippen molar-refractivity contribution >= 4 is 29.4 Å². The molecule has 0 radical (unpaired) electrons.